The molecule has 1 radical (unpaired) electrons. The van der Waals surface area contributed by atoms with E-state index in [9.17, 15) is 0 Å². The summed E-state index contributed by atoms with van der Waals surface area (Å²) in [4.78, 5) is 0. The van der Waals surface area contributed by atoms with Crippen LogP contribution in [0.2, 0.25) is 6.82 Å². The Morgan fingerprint density at radius 2 is 0.861 bits per heavy atom. The Hall–Kier alpha value is -4.36. The summed E-state index contributed by atoms with van der Waals surface area (Å²) in [6.07, 6.45) is 0. The summed E-state index contributed by atoms with van der Waals surface area (Å²) in [5.74, 6) is 0. The maximum Gasteiger partial charge on any atom is 0.148 e. The minimum Gasteiger partial charge on any atom is -0.0875 e. The Bertz CT molecular complexity index is 1930. The Labute approximate surface area is 212 Å². The molecule has 7 rings (SSSR count). The van der Waals surface area contributed by atoms with Crippen molar-refractivity contribution >= 4 is 55.8 Å². The van der Waals surface area contributed by atoms with E-state index >= 15 is 0 Å². The maximum atomic E-state index is 2.36. The summed E-state index contributed by atoms with van der Waals surface area (Å²) in [5.41, 5.74) is 6.36. The minimum atomic E-state index is 1.24. The topological polar surface area (TPSA) is 0 Å². The summed E-state index contributed by atoms with van der Waals surface area (Å²) in [6, 6.07) is 46.8. The van der Waals surface area contributed by atoms with Crippen molar-refractivity contribution in [3.8, 4) is 22.3 Å². The lowest BCUT2D eigenvalue weighted by Crippen LogP contribution is -2.09. The van der Waals surface area contributed by atoms with E-state index in [0.29, 0.717) is 0 Å². The molecule has 0 aliphatic rings. The third-order valence-corrected chi connectivity index (χ3v) is 7.46. The second kappa shape index (κ2) is 8.39. The number of rotatable bonds is 3. The van der Waals surface area contributed by atoms with E-state index in [4.69, 9.17) is 0 Å². The maximum absolute atomic E-state index is 2.36. The van der Waals surface area contributed by atoms with Crippen LogP contribution in [0.5, 0.6) is 0 Å². The number of fused-ring (bicyclic) bond motifs is 4. The van der Waals surface area contributed by atoms with Crippen LogP contribution >= 0.6 is 0 Å². The molecule has 167 valence electrons. The van der Waals surface area contributed by atoms with Gasteiger partial charge in [0.25, 0.3) is 0 Å². The summed E-state index contributed by atoms with van der Waals surface area (Å²) in [7, 11) is 2.19. The first-order valence-electron chi connectivity index (χ1n) is 12.6. The average molecular weight is 455 g/mol. The molecule has 0 aliphatic heterocycles. The predicted octanol–water partition coefficient (Wildman–Crippen LogP) is 9.01. The van der Waals surface area contributed by atoms with Crippen LogP contribution in [-0.2, 0) is 0 Å². The highest BCUT2D eigenvalue weighted by atomic mass is 14.2. The normalized spacial score (nSPS) is 11.5. The van der Waals surface area contributed by atoms with Gasteiger partial charge in [-0.05, 0) is 77.5 Å². The smallest absolute Gasteiger partial charge is 0.0875 e. The monoisotopic (exact) mass is 455 g/mol. The van der Waals surface area contributed by atoms with E-state index in [2.05, 4.69) is 141 Å². The zero-order valence-corrected chi connectivity index (χ0v) is 20.2. The van der Waals surface area contributed by atoms with E-state index < -0.39 is 0 Å². The number of hydrogen-bond acceptors (Lipinski definition) is 0. The van der Waals surface area contributed by atoms with Crippen molar-refractivity contribution in [3.05, 3.63) is 127 Å². The first kappa shape index (κ1) is 21.0. The fourth-order valence-electron chi connectivity index (χ4n) is 5.69. The molecule has 7 aromatic carbocycles. The zero-order chi connectivity index (χ0) is 24.1. The van der Waals surface area contributed by atoms with Gasteiger partial charge in [0.2, 0.25) is 0 Å². The van der Waals surface area contributed by atoms with Gasteiger partial charge in [0.05, 0.1) is 0 Å². The van der Waals surface area contributed by atoms with E-state index in [1.165, 1.54) is 70.8 Å². The van der Waals surface area contributed by atoms with E-state index in [1.807, 2.05) is 0 Å². The molecular weight excluding hydrogens is 431 g/mol. The van der Waals surface area contributed by atoms with Gasteiger partial charge >= 0.3 is 0 Å². The van der Waals surface area contributed by atoms with Crippen molar-refractivity contribution in [1.29, 1.82) is 0 Å². The molecule has 0 unspecified atom stereocenters. The molecule has 0 amide bonds. The van der Waals surface area contributed by atoms with Crippen LogP contribution in [0.3, 0.4) is 0 Å². The summed E-state index contributed by atoms with van der Waals surface area (Å²) in [5, 5.41) is 10.2. The molecular formula is C35H24B. The van der Waals surface area contributed by atoms with E-state index in [1.54, 1.807) is 0 Å². The third-order valence-electron chi connectivity index (χ3n) is 7.46. The molecule has 0 saturated heterocycles. The van der Waals surface area contributed by atoms with Gasteiger partial charge in [0.15, 0.2) is 0 Å². The molecule has 1 heteroatoms. The minimum absolute atomic E-state index is 1.24. The van der Waals surface area contributed by atoms with Gasteiger partial charge in [0.1, 0.15) is 7.28 Å². The van der Waals surface area contributed by atoms with Gasteiger partial charge in [-0.15, -0.1) is 0 Å². The fourth-order valence-corrected chi connectivity index (χ4v) is 5.69. The highest BCUT2D eigenvalue weighted by molar-refractivity contribution is 6.52. The van der Waals surface area contributed by atoms with E-state index in [0.717, 1.165) is 0 Å². The molecule has 0 heterocycles. The molecule has 0 N–H and O–H groups in total. The molecule has 36 heavy (non-hydrogen) atoms. The van der Waals surface area contributed by atoms with Crippen LogP contribution < -0.4 is 5.46 Å². The molecule has 0 atom stereocenters. The van der Waals surface area contributed by atoms with E-state index in [-0.39, 0.29) is 0 Å². The lowest BCUT2D eigenvalue weighted by Gasteiger charge is -2.19. The third kappa shape index (κ3) is 3.32. The van der Waals surface area contributed by atoms with Crippen molar-refractivity contribution in [1.82, 2.24) is 0 Å². The van der Waals surface area contributed by atoms with Crippen molar-refractivity contribution in [2.75, 3.05) is 0 Å². The van der Waals surface area contributed by atoms with Crippen LogP contribution in [0.4, 0.5) is 0 Å². The SMILES string of the molecule is C[B]c1ccc2c(-c3ccc4ccccc4c3)c3ccccc3c(-c3ccc4ccccc4c3)c2c1. The second-order valence-corrected chi connectivity index (χ2v) is 9.51. The van der Waals surface area contributed by atoms with Crippen molar-refractivity contribution in [2.45, 2.75) is 6.82 Å². The van der Waals surface area contributed by atoms with Crippen molar-refractivity contribution in [2.24, 2.45) is 0 Å². The van der Waals surface area contributed by atoms with Gasteiger partial charge in [-0.3, -0.25) is 0 Å². The summed E-state index contributed by atoms with van der Waals surface area (Å²) in [6.45, 7) is 2.11. The molecule has 0 aromatic heterocycles. The molecule has 0 spiro atoms. The molecule has 7 aromatic rings. The summed E-state index contributed by atoms with van der Waals surface area (Å²) < 4.78 is 0. The molecule has 0 aliphatic carbocycles. The average Bonchev–Trinajstić information content (AvgIpc) is 2.95. The highest BCUT2D eigenvalue weighted by Crippen LogP contribution is 2.44. The van der Waals surface area contributed by atoms with Gasteiger partial charge in [0, 0.05) is 0 Å². The number of hydrogen-bond donors (Lipinski definition) is 0. The van der Waals surface area contributed by atoms with Crippen LogP contribution in [0, 0.1) is 0 Å². The second-order valence-electron chi connectivity index (χ2n) is 9.51. The van der Waals surface area contributed by atoms with Gasteiger partial charge in [-0.25, -0.2) is 0 Å². The lowest BCUT2D eigenvalue weighted by molar-refractivity contribution is 1.68. The molecule has 0 fully saturated rings. The van der Waals surface area contributed by atoms with Crippen LogP contribution in [0.25, 0.3) is 65.3 Å². The Balaban J connectivity index is 1.63. The standard InChI is InChI=1S/C35H24B/c1-36-29-18-19-32-33(22-29)35(28-17-15-24-9-3-5-11-26(24)21-28)31-13-7-6-12-30(31)34(32)27-16-14-23-8-2-4-10-25(23)20-27/h2-22H,1H3. The quantitative estimate of drug-likeness (QED) is 0.184. The molecule has 0 bridgehead atoms. The molecule has 0 nitrogen and oxygen atoms in total. The summed E-state index contributed by atoms with van der Waals surface area (Å²) >= 11 is 0. The van der Waals surface area contributed by atoms with Gasteiger partial charge in [-0.2, -0.15) is 0 Å². The van der Waals surface area contributed by atoms with Gasteiger partial charge in [-0.1, -0.05) is 128 Å². The Kier molecular flexibility index (Phi) is 4.89. The molecule has 0 saturated carbocycles. The first-order chi connectivity index (χ1) is 17.8. The van der Waals surface area contributed by atoms with Crippen molar-refractivity contribution in [3.63, 3.8) is 0 Å². The highest BCUT2D eigenvalue weighted by Gasteiger charge is 2.17. The predicted molar refractivity (Wildman–Crippen MR) is 159 cm³/mol. The lowest BCUT2D eigenvalue weighted by atomic mass is 9.72. The first-order valence-corrected chi connectivity index (χ1v) is 12.6. The van der Waals surface area contributed by atoms with Crippen LogP contribution in [-0.4, -0.2) is 7.28 Å². The Morgan fingerprint density at radius 3 is 1.42 bits per heavy atom. The van der Waals surface area contributed by atoms with Crippen LogP contribution in [0.1, 0.15) is 0 Å². The van der Waals surface area contributed by atoms with Gasteiger partial charge < -0.3 is 0 Å². The largest absolute Gasteiger partial charge is 0.148 e. The van der Waals surface area contributed by atoms with Crippen LogP contribution in [0.15, 0.2) is 127 Å². The number of benzene rings is 7. The van der Waals surface area contributed by atoms with Crippen molar-refractivity contribution < 1.29 is 0 Å². The zero-order valence-electron chi connectivity index (χ0n) is 20.2. The fraction of sp³-hybridized carbons (Fsp3) is 0.0286. The Morgan fingerprint density at radius 1 is 0.389 bits per heavy atom.